The molecule has 0 saturated heterocycles. The lowest BCUT2D eigenvalue weighted by atomic mass is 10.0. The van der Waals surface area contributed by atoms with Crippen LogP contribution in [0.2, 0.25) is 0 Å². The van der Waals surface area contributed by atoms with E-state index in [4.69, 9.17) is 5.53 Å². The van der Waals surface area contributed by atoms with E-state index in [2.05, 4.69) is 15.3 Å². The van der Waals surface area contributed by atoms with Gasteiger partial charge in [-0.2, -0.15) is 0 Å². The van der Waals surface area contributed by atoms with Gasteiger partial charge in [-0.1, -0.05) is 35.4 Å². The second-order valence-corrected chi connectivity index (χ2v) is 4.76. The van der Waals surface area contributed by atoms with Gasteiger partial charge in [0.1, 0.15) is 6.04 Å². The highest BCUT2D eigenvalue weighted by Crippen LogP contribution is 2.18. The summed E-state index contributed by atoms with van der Waals surface area (Å²) in [5.41, 5.74) is 8.86. The van der Waals surface area contributed by atoms with Crippen molar-refractivity contribution in [2.75, 3.05) is 0 Å². The van der Waals surface area contributed by atoms with E-state index in [1.807, 2.05) is 26.8 Å². The average Bonchev–Trinajstić information content (AvgIpc) is 2.24. The normalized spacial score (nSPS) is 12.4. The fourth-order valence-electron chi connectivity index (χ4n) is 1.40. The third-order valence-corrected chi connectivity index (χ3v) is 2.03. The molecule has 17 heavy (non-hydrogen) atoms. The van der Waals surface area contributed by atoms with Crippen molar-refractivity contribution in [2.45, 2.75) is 32.4 Å². The highest BCUT2D eigenvalue weighted by Gasteiger charge is 2.23. The molecule has 90 valence electrons. The SMILES string of the molecule is CC(C)(C)NC(=O)C(N=[N+]=[N-])c1ccccc1. The molecule has 1 aromatic carbocycles. The molecule has 0 aromatic heterocycles. The van der Waals surface area contributed by atoms with E-state index in [0.29, 0.717) is 5.56 Å². The largest absolute Gasteiger partial charge is 0.351 e. The Morgan fingerprint density at radius 2 is 1.94 bits per heavy atom. The van der Waals surface area contributed by atoms with Crippen LogP contribution in [0.4, 0.5) is 0 Å². The molecule has 0 bridgehead atoms. The zero-order chi connectivity index (χ0) is 12.9. The predicted molar refractivity (Wildman–Crippen MR) is 66.2 cm³/mol. The van der Waals surface area contributed by atoms with Gasteiger partial charge < -0.3 is 5.32 Å². The molecule has 0 heterocycles. The highest BCUT2D eigenvalue weighted by atomic mass is 16.2. The first kappa shape index (κ1) is 13.1. The fourth-order valence-corrected chi connectivity index (χ4v) is 1.40. The molecule has 0 radical (unpaired) electrons. The predicted octanol–water partition coefficient (Wildman–Crippen LogP) is 2.95. The summed E-state index contributed by atoms with van der Waals surface area (Å²) in [6.07, 6.45) is 0. The van der Waals surface area contributed by atoms with E-state index < -0.39 is 6.04 Å². The number of hydrogen-bond acceptors (Lipinski definition) is 2. The molecule has 0 fully saturated rings. The number of rotatable bonds is 3. The van der Waals surface area contributed by atoms with Crippen molar-refractivity contribution < 1.29 is 4.79 Å². The topological polar surface area (TPSA) is 77.9 Å². The molecule has 0 aliphatic carbocycles. The second-order valence-electron chi connectivity index (χ2n) is 4.76. The van der Waals surface area contributed by atoms with Crippen LogP contribution in [0.3, 0.4) is 0 Å². The summed E-state index contributed by atoms with van der Waals surface area (Å²) in [4.78, 5) is 14.7. The Bertz CT molecular complexity index is 430. The smallest absolute Gasteiger partial charge is 0.233 e. The number of nitrogens with zero attached hydrogens (tertiary/aromatic N) is 3. The number of azide groups is 1. The first-order valence-corrected chi connectivity index (χ1v) is 5.35. The van der Waals surface area contributed by atoms with Crippen LogP contribution in [-0.4, -0.2) is 11.4 Å². The number of carbonyl (C=O) groups excluding carboxylic acids is 1. The maximum Gasteiger partial charge on any atom is 0.233 e. The molecule has 0 saturated carbocycles. The Labute approximate surface area is 100 Å². The minimum Gasteiger partial charge on any atom is -0.351 e. The first-order chi connectivity index (χ1) is 7.94. The van der Waals surface area contributed by atoms with Crippen molar-refractivity contribution in [2.24, 2.45) is 5.11 Å². The zero-order valence-corrected chi connectivity index (χ0v) is 10.2. The van der Waals surface area contributed by atoms with Gasteiger partial charge in [0.05, 0.1) is 0 Å². The highest BCUT2D eigenvalue weighted by molar-refractivity contribution is 5.83. The molecule has 0 aliphatic rings. The van der Waals surface area contributed by atoms with Gasteiger partial charge in [-0.3, -0.25) is 4.79 Å². The molecule has 1 unspecified atom stereocenters. The molecule has 1 N–H and O–H groups in total. The van der Waals surface area contributed by atoms with Gasteiger partial charge in [-0.15, -0.1) is 0 Å². The number of hydrogen-bond donors (Lipinski definition) is 1. The average molecular weight is 232 g/mol. The third-order valence-electron chi connectivity index (χ3n) is 2.03. The van der Waals surface area contributed by atoms with E-state index in [9.17, 15) is 4.79 Å². The van der Waals surface area contributed by atoms with E-state index in [1.165, 1.54) is 0 Å². The summed E-state index contributed by atoms with van der Waals surface area (Å²) in [5, 5.41) is 6.35. The van der Waals surface area contributed by atoms with Crippen LogP contribution in [0.25, 0.3) is 10.4 Å². The summed E-state index contributed by atoms with van der Waals surface area (Å²) in [6, 6.07) is 8.17. The molecule has 5 heteroatoms. The second kappa shape index (κ2) is 5.37. The van der Waals surface area contributed by atoms with E-state index >= 15 is 0 Å². The summed E-state index contributed by atoms with van der Waals surface area (Å²) in [7, 11) is 0. The molecule has 0 spiro atoms. The van der Waals surface area contributed by atoms with Gasteiger partial charge in [-0.25, -0.2) is 0 Å². The lowest BCUT2D eigenvalue weighted by Crippen LogP contribution is -2.42. The van der Waals surface area contributed by atoms with Crippen molar-refractivity contribution >= 4 is 5.91 Å². The quantitative estimate of drug-likeness (QED) is 0.485. The Kier molecular flexibility index (Phi) is 4.12. The van der Waals surface area contributed by atoms with Gasteiger partial charge in [0.15, 0.2) is 0 Å². The Balaban J connectivity index is 2.95. The van der Waals surface area contributed by atoms with Gasteiger partial charge >= 0.3 is 0 Å². The van der Waals surface area contributed by atoms with Crippen LogP contribution < -0.4 is 5.32 Å². The van der Waals surface area contributed by atoms with Gasteiger partial charge in [-0.05, 0) is 31.9 Å². The number of amides is 1. The minimum atomic E-state index is -0.819. The van der Waals surface area contributed by atoms with Crippen molar-refractivity contribution in [3.8, 4) is 0 Å². The van der Waals surface area contributed by atoms with E-state index in [1.54, 1.807) is 24.3 Å². The maximum atomic E-state index is 12.0. The van der Waals surface area contributed by atoms with Crippen LogP contribution in [-0.2, 0) is 4.79 Å². The summed E-state index contributed by atoms with van der Waals surface area (Å²) >= 11 is 0. The zero-order valence-electron chi connectivity index (χ0n) is 10.2. The summed E-state index contributed by atoms with van der Waals surface area (Å²) < 4.78 is 0. The summed E-state index contributed by atoms with van der Waals surface area (Å²) in [6.45, 7) is 5.63. The van der Waals surface area contributed by atoms with Crippen LogP contribution in [0.15, 0.2) is 35.4 Å². The van der Waals surface area contributed by atoms with E-state index in [-0.39, 0.29) is 11.4 Å². The number of nitrogens with one attached hydrogen (secondary N) is 1. The van der Waals surface area contributed by atoms with Crippen LogP contribution in [0, 0.1) is 0 Å². The van der Waals surface area contributed by atoms with Crippen molar-refractivity contribution in [1.82, 2.24) is 5.32 Å². The van der Waals surface area contributed by atoms with Crippen LogP contribution in [0.1, 0.15) is 32.4 Å². The lowest BCUT2D eigenvalue weighted by molar-refractivity contribution is -0.123. The van der Waals surface area contributed by atoms with Crippen LogP contribution >= 0.6 is 0 Å². The van der Waals surface area contributed by atoms with Gasteiger partial charge in [0, 0.05) is 10.5 Å². The van der Waals surface area contributed by atoms with Crippen LogP contribution in [0.5, 0.6) is 0 Å². The fraction of sp³-hybridized carbons (Fsp3) is 0.417. The van der Waals surface area contributed by atoms with Crippen molar-refractivity contribution in [3.63, 3.8) is 0 Å². The number of carbonyl (C=O) groups is 1. The minimum absolute atomic E-state index is 0.290. The molecular weight excluding hydrogens is 216 g/mol. The Hall–Kier alpha value is -2.00. The van der Waals surface area contributed by atoms with E-state index in [0.717, 1.165) is 0 Å². The standard InChI is InChI=1S/C12H16N4O/c1-12(2,3)14-11(17)10(15-16-13)9-7-5-4-6-8-9/h4-8,10H,1-3H3,(H,14,17). The molecule has 1 amide bonds. The summed E-state index contributed by atoms with van der Waals surface area (Å²) in [5.74, 6) is -0.290. The van der Waals surface area contributed by atoms with Crippen molar-refractivity contribution in [3.05, 3.63) is 46.3 Å². The number of benzene rings is 1. The van der Waals surface area contributed by atoms with Gasteiger partial charge in [0.2, 0.25) is 5.91 Å². The van der Waals surface area contributed by atoms with Gasteiger partial charge in [0.25, 0.3) is 0 Å². The molecule has 5 nitrogen and oxygen atoms in total. The lowest BCUT2D eigenvalue weighted by Gasteiger charge is -2.23. The Morgan fingerprint density at radius 3 is 2.41 bits per heavy atom. The maximum absolute atomic E-state index is 12.0. The third kappa shape index (κ3) is 4.17. The van der Waals surface area contributed by atoms with Crippen molar-refractivity contribution in [1.29, 1.82) is 0 Å². The molecule has 1 atom stereocenters. The monoisotopic (exact) mass is 232 g/mol. The Morgan fingerprint density at radius 1 is 1.35 bits per heavy atom. The molecule has 1 aromatic rings. The first-order valence-electron chi connectivity index (χ1n) is 5.35. The molecule has 0 aliphatic heterocycles. The molecular formula is C12H16N4O. The molecule has 1 rings (SSSR count).